The summed E-state index contributed by atoms with van der Waals surface area (Å²) in [6, 6.07) is 1.89. The first-order valence-electron chi connectivity index (χ1n) is 6.63. The normalized spacial score (nSPS) is 49.0. The van der Waals surface area contributed by atoms with Crippen molar-refractivity contribution in [2.45, 2.75) is 69.5 Å². The maximum atomic E-state index is 10.7. The van der Waals surface area contributed by atoms with E-state index in [-0.39, 0.29) is 6.61 Å². The Morgan fingerprint density at radius 3 is 2.30 bits per heavy atom. The van der Waals surface area contributed by atoms with Crippen LogP contribution in [0, 0.1) is 11.3 Å². The summed E-state index contributed by atoms with van der Waals surface area (Å²) >= 11 is 0. The third-order valence-corrected chi connectivity index (χ3v) is 3.75. The van der Waals surface area contributed by atoms with Crippen molar-refractivity contribution in [3.63, 3.8) is 0 Å². The number of aliphatic hydroxyl groups is 1. The monoisotopic (exact) mass is 285 g/mol. The molecule has 5 atom stereocenters. The zero-order chi connectivity index (χ0) is 14.8. The van der Waals surface area contributed by atoms with Gasteiger partial charge in [0.2, 0.25) is 5.60 Å². The molecule has 3 rings (SSSR count). The van der Waals surface area contributed by atoms with Crippen LogP contribution in [0.15, 0.2) is 0 Å². The highest BCUT2D eigenvalue weighted by Crippen LogP contribution is 2.45. The van der Waals surface area contributed by atoms with Crippen LogP contribution in [0.4, 0.5) is 0 Å². The fourth-order valence-corrected chi connectivity index (χ4v) is 2.90. The van der Waals surface area contributed by atoms with E-state index in [1.807, 2.05) is 6.07 Å². The second-order valence-electron chi connectivity index (χ2n) is 6.29. The third kappa shape index (κ3) is 2.04. The summed E-state index contributed by atoms with van der Waals surface area (Å²) in [6.07, 6.45) is -3.07. The van der Waals surface area contributed by atoms with Crippen LogP contribution >= 0.6 is 0 Å². The highest BCUT2D eigenvalue weighted by atomic mass is 16.8. The Labute approximate surface area is 117 Å². The molecular formula is C13H19NO6. The minimum atomic E-state index is -1.83. The van der Waals surface area contributed by atoms with Crippen molar-refractivity contribution in [1.82, 2.24) is 0 Å². The minimum Gasteiger partial charge on any atom is -0.371 e. The first-order valence-corrected chi connectivity index (χ1v) is 6.63. The largest absolute Gasteiger partial charge is 0.371 e. The topological polar surface area (TPSA) is 90.2 Å². The van der Waals surface area contributed by atoms with Gasteiger partial charge in [0.1, 0.15) is 18.3 Å². The number of rotatable bonds is 1. The van der Waals surface area contributed by atoms with Crippen molar-refractivity contribution < 1.29 is 28.8 Å². The average molecular weight is 285 g/mol. The molecule has 0 aromatic rings. The molecule has 3 saturated heterocycles. The van der Waals surface area contributed by atoms with E-state index in [9.17, 15) is 10.4 Å². The van der Waals surface area contributed by atoms with Crippen LogP contribution < -0.4 is 0 Å². The summed E-state index contributed by atoms with van der Waals surface area (Å²) in [5.41, 5.74) is -1.83. The summed E-state index contributed by atoms with van der Waals surface area (Å²) in [7, 11) is 0. The van der Waals surface area contributed by atoms with Gasteiger partial charge in [0, 0.05) is 0 Å². The molecule has 3 aliphatic heterocycles. The van der Waals surface area contributed by atoms with E-state index in [1.165, 1.54) is 0 Å². The molecule has 0 saturated carbocycles. The van der Waals surface area contributed by atoms with E-state index in [0.717, 1.165) is 0 Å². The van der Waals surface area contributed by atoms with Crippen molar-refractivity contribution in [3.05, 3.63) is 0 Å². The van der Waals surface area contributed by atoms with Crippen LogP contribution in [0.5, 0.6) is 0 Å². The number of hydrogen-bond acceptors (Lipinski definition) is 7. The maximum Gasteiger partial charge on any atom is 0.211 e. The van der Waals surface area contributed by atoms with E-state index in [0.29, 0.717) is 0 Å². The SMILES string of the molecule is CC1(C)OC[C@H]([C@H]2O[C@@H]3OC(C)(C)O[C@@H]3[C@]2(O)C#N)O1. The van der Waals surface area contributed by atoms with Crippen molar-refractivity contribution in [1.29, 1.82) is 5.26 Å². The molecule has 0 unspecified atom stereocenters. The molecule has 20 heavy (non-hydrogen) atoms. The molecule has 1 N–H and O–H groups in total. The van der Waals surface area contributed by atoms with Gasteiger partial charge in [0.25, 0.3) is 0 Å². The summed E-state index contributed by atoms with van der Waals surface area (Å²) in [5, 5.41) is 20.1. The third-order valence-electron chi connectivity index (χ3n) is 3.75. The number of nitriles is 1. The van der Waals surface area contributed by atoms with Gasteiger partial charge in [-0.25, -0.2) is 0 Å². The lowest BCUT2D eigenvalue weighted by molar-refractivity contribution is -0.240. The second-order valence-corrected chi connectivity index (χ2v) is 6.29. The molecule has 3 aliphatic rings. The predicted molar refractivity (Wildman–Crippen MR) is 64.2 cm³/mol. The number of hydrogen-bond donors (Lipinski definition) is 1. The molecule has 3 fully saturated rings. The van der Waals surface area contributed by atoms with Gasteiger partial charge in [-0.15, -0.1) is 0 Å². The molecule has 0 aliphatic carbocycles. The van der Waals surface area contributed by atoms with Crippen molar-refractivity contribution >= 4 is 0 Å². The summed E-state index contributed by atoms with van der Waals surface area (Å²) in [5.74, 6) is -1.65. The molecular weight excluding hydrogens is 266 g/mol. The summed E-state index contributed by atoms with van der Waals surface area (Å²) in [4.78, 5) is 0. The Hall–Kier alpha value is -0.750. The standard InChI is InChI=1S/C13H19NO6/c1-11(2)16-5-7(18-11)8-13(15,6-14)9-10(17-8)20-12(3,4)19-9/h7-10,15H,5H2,1-4H3/t7-,8-,9+,10-,13+/m1/s1. The van der Waals surface area contributed by atoms with Crippen molar-refractivity contribution in [2.24, 2.45) is 0 Å². The molecule has 3 heterocycles. The molecule has 112 valence electrons. The Bertz CT molecular complexity index is 458. The van der Waals surface area contributed by atoms with E-state index < -0.39 is 41.8 Å². The fraction of sp³-hybridized carbons (Fsp3) is 0.923. The molecule has 7 nitrogen and oxygen atoms in total. The molecule has 0 spiro atoms. The summed E-state index contributed by atoms with van der Waals surface area (Å²) < 4.78 is 28.0. The van der Waals surface area contributed by atoms with Crippen LogP contribution in [-0.2, 0) is 23.7 Å². The van der Waals surface area contributed by atoms with Gasteiger partial charge in [0.15, 0.2) is 24.0 Å². The lowest BCUT2D eigenvalue weighted by atomic mass is 9.91. The summed E-state index contributed by atoms with van der Waals surface area (Å²) in [6.45, 7) is 7.19. The predicted octanol–water partition coefficient (Wildman–Crippen LogP) is 0.269. The lowest BCUT2D eigenvalue weighted by Gasteiger charge is -2.30. The van der Waals surface area contributed by atoms with Crippen LogP contribution in [-0.4, -0.2) is 53.5 Å². The van der Waals surface area contributed by atoms with Crippen LogP contribution in [0.3, 0.4) is 0 Å². The Morgan fingerprint density at radius 1 is 1.05 bits per heavy atom. The lowest BCUT2D eigenvalue weighted by Crippen LogP contribution is -2.53. The Kier molecular flexibility index (Phi) is 2.93. The average Bonchev–Trinajstić information content (AvgIpc) is 2.91. The Morgan fingerprint density at radius 2 is 1.75 bits per heavy atom. The van der Waals surface area contributed by atoms with Gasteiger partial charge in [-0.1, -0.05) is 0 Å². The van der Waals surface area contributed by atoms with E-state index in [1.54, 1.807) is 27.7 Å². The van der Waals surface area contributed by atoms with Gasteiger partial charge in [-0.2, -0.15) is 5.26 Å². The number of nitrogens with zero attached hydrogens (tertiary/aromatic N) is 1. The quantitative estimate of drug-likeness (QED) is 0.691. The zero-order valence-corrected chi connectivity index (χ0v) is 12.0. The highest BCUT2D eigenvalue weighted by Gasteiger charge is 2.66. The van der Waals surface area contributed by atoms with Crippen LogP contribution in [0.25, 0.3) is 0 Å². The van der Waals surface area contributed by atoms with E-state index in [2.05, 4.69) is 0 Å². The first-order chi connectivity index (χ1) is 9.17. The molecule has 0 aromatic heterocycles. The van der Waals surface area contributed by atoms with Crippen molar-refractivity contribution in [2.75, 3.05) is 6.61 Å². The van der Waals surface area contributed by atoms with Gasteiger partial charge in [0.05, 0.1) is 6.61 Å². The molecule has 0 radical (unpaired) electrons. The number of fused-ring (bicyclic) bond motifs is 1. The fourth-order valence-electron chi connectivity index (χ4n) is 2.90. The maximum absolute atomic E-state index is 10.7. The first kappa shape index (κ1) is 14.2. The van der Waals surface area contributed by atoms with Gasteiger partial charge in [-0.3, -0.25) is 0 Å². The van der Waals surface area contributed by atoms with Gasteiger partial charge >= 0.3 is 0 Å². The smallest absolute Gasteiger partial charge is 0.211 e. The van der Waals surface area contributed by atoms with Crippen LogP contribution in [0.1, 0.15) is 27.7 Å². The molecule has 7 heteroatoms. The van der Waals surface area contributed by atoms with Crippen LogP contribution in [0.2, 0.25) is 0 Å². The zero-order valence-electron chi connectivity index (χ0n) is 12.0. The highest BCUT2D eigenvalue weighted by molar-refractivity contribution is 5.19. The number of ether oxygens (including phenoxy) is 5. The van der Waals surface area contributed by atoms with E-state index >= 15 is 0 Å². The minimum absolute atomic E-state index is 0.241. The van der Waals surface area contributed by atoms with E-state index in [4.69, 9.17) is 23.7 Å². The van der Waals surface area contributed by atoms with Crippen molar-refractivity contribution in [3.8, 4) is 6.07 Å². The Balaban J connectivity index is 1.83. The molecule has 0 aromatic carbocycles. The second kappa shape index (κ2) is 4.13. The van der Waals surface area contributed by atoms with Gasteiger partial charge in [-0.05, 0) is 27.7 Å². The molecule has 0 bridgehead atoms. The van der Waals surface area contributed by atoms with Gasteiger partial charge < -0.3 is 28.8 Å². The molecule has 0 amide bonds.